The average Bonchev–Trinajstić information content (AvgIpc) is 2.00. The second kappa shape index (κ2) is 6.52. The minimum absolute atomic E-state index is 0.364. The highest BCUT2D eigenvalue weighted by molar-refractivity contribution is 4.82. The van der Waals surface area contributed by atoms with E-state index in [0.29, 0.717) is 5.54 Å². The van der Waals surface area contributed by atoms with Gasteiger partial charge in [0, 0.05) is 18.6 Å². The molecular weight excluding hydrogens is 182 g/mol. The van der Waals surface area contributed by atoms with E-state index < -0.39 is 0 Å². The van der Waals surface area contributed by atoms with E-state index in [2.05, 4.69) is 53.4 Å². The van der Waals surface area contributed by atoms with Crippen LogP contribution in [-0.2, 0) is 0 Å². The summed E-state index contributed by atoms with van der Waals surface area (Å²) in [5, 5.41) is 0. The maximum atomic E-state index is 2.67. The zero-order valence-corrected chi connectivity index (χ0v) is 11.9. The zero-order valence-electron chi connectivity index (χ0n) is 11.9. The molecule has 0 saturated heterocycles. The average molecular weight is 213 g/mol. The van der Waals surface area contributed by atoms with Gasteiger partial charge in [0.05, 0.1) is 0 Å². The molecule has 0 atom stereocenters. The van der Waals surface area contributed by atoms with E-state index >= 15 is 0 Å². The van der Waals surface area contributed by atoms with Crippen LogP contribution in [0.5, 0.6) is 0 Å². The molecule has 0 aromatic carbocycles. The van der Waals surface area contributed by atoms with Gasteiger partial charge < -0.3 is 0 Å². The first-order valence-electron chi connectivity index (χ1n) is 6.54. The quantitative estimate of drug-likeness (QED) is 0.613. The molecule has 0 aliphatic rings. The third-order valence-corrected chi connectivity index (χ3v) is 2.89. The van der Waals surface area contributed by atoms with Gasteiger partial charge in [-0.2, -0.15) is 0 Å². The number of hydrogen-bond donors (Lipinski definition) is 0. The predicted molar refractivity (Wildman–Crippen MR) is 70.2 cm³/mol. The van der Waals surface area contributed by atoms with Gasteiger partial charge in [0.1, 0.15) is 0 Å². The van der Waals surface area contributed by atoms with Gasteiger partial charge in [0.15, 0.2) is 0 Å². The molecule has 0 fully saturated rings. The van der Waals surface area contributed by atoms with Gasteiger partial charge in [0.25, 0.3) is 0 Å². The van der Waals surface area contributed by atoms with Crippen LogP contribution in [0.1, 0.15) is 61.3 Å². The molecule has 0 aromatic rings. The van der Waals surface area contributed by atoms with Crippen LogP contribution in [0, 0.1) is 11.8 Å². The highest BCUT2D eigenvalue weighted by Gasteiger charge is 2.26. The summed E-state index contributed by atoms with van der Waals surface area (Å²) in [5.74, 6) is 1.53. The van der Waals surface area contributed by atoms with Gasteiger partial charge in [-0.1, -0.05) is 41.0 Å². The summed E-state index contributed by atoms with van der Waals surface area (Å²) in [6.45, 7) is 18.8. The molecule has 1 nitrogen and oxygen atoms in total. The maximum absolute atomic E-state index is 2.67. The van der Waals surface area contributed by atoms with Gasteiger partial charge in [-0.15, -0.1) is 0 Å². The van der Waals surface area contributed by atoms with Crippen molar-refractivity contribution in [3.63, 3.8) is 0 Å². The van der Waals surface area contributed by atoms with Gasteiger partial charge in [-0.05, 0) is 32.1 Å². The Balaban J connectivity index is 4.45. The van der Waals surface area contributed by atoms with Crippen LogP contribution >= 0.6 is 0 Å². The van der Waals surface area contributed by atoms with Crippen LogP contribution in [0.2, 0.25) is 0 Å². The smallest absolute Gasteiger partial charge is 0.0153 e. The summed E-state index contributed by atoms with van der Waals surface area (Å²) >= 11 is 0. The van der Waals surface area contributed by atoms with Gasteiger partial charge in [-0.25, -0.2) is 0 Å². The Morgan fingerprint density at radius 1 is 0.933 bits per heavy atom. The molecule has 0 saturated carbocycles. The lowest BCUT2D eigenvalue weighted by Crippen LogP contribution is -2.47. The summed E-state index contributed by atoms with van der Waals surface area (Å²) in [5.41, 5.74) is 0.364. The van der Waals surface area contributed by atoms with Crippen LogP contribution in [-0.4, -0.2) is 23.5 Å². The predicted octanol–water partition coefficient (Wildman–Crippen LogP) is 4.18. The molecule has 0 aromatic heterocycles. The molecule has 92 valence electrons. The zero-order chi connectivity index (χ0) is 12.1. The van der Waals surface area contributed by atoms with Gasteiger partial charge >= 0.3 is 0 Å². The Morgan fingerprint density at radius 3 is 1.60 bits per heavy atom. The Bertz CT molecular complexity index is 149. The van der Waals surface area contributed by atoms with Crippen molar-refractivity contribution in [1.29, 1.82) is 0 Å². The minimum atomic E-state index is 0.364. The first-order valence-corrected chi connectivity index (χ1v) is 6.54. The topological polar surface area (TPSA) is 3.24 Å². The molecule has 0 heterocycles. The molecule has 0 aliphatic carbocycles. The second-order valence-electron chi connectivity index (χ2n) is 6.26. The SMILES string of the molecule is CCCC(C)(C)N(CC(C)C)CC(C)C. The molecule has 1 heteroatoms. The number of rotatable bonds is 7. The lowest BCUT2D eigenvalue weighted by Gasteiger charge is -2.41. The molecule has 0 unspecified atom stereocenters. The second-order valence-corrected chi connectivity index (χ2v) is 6.26. The fourth-order valence-corrected chi connectivity index (χ4v) is 2.22. The van der Waals surface area contributed by atoms with Crippen LogP contribution in [0.4, 0.5) is 0 Å². The Hall–Kier alpha value is -0.0400. The van der Waals surface area contributed by atoms with Crippen molar-refractivity contribution in [2.75, 3.05) is 13.1 Å². The van der Waals surface area contributed by atoms with Crippen molar-refractivity contribution in [3.05, 3.63) is 0 Å². The van der Waals surface area contributed by atoms with E-state index in [9.17, 15) is 0 Å². The molecule has 0 N–H and O–H groups in total. The maximum Gasteiger partial charge on any atom is 0.0153 e. The summed E-state index contributed by atoms with van der Waals surface area (Å²) < 4.78 is 0. The van der Waals surface area contributed by atoms with E-state index in [-0.39, 0.29) is 0 Å². The van der Waals surface area contributed by atoms with E-state index in [1.807, 2.05) is 0 Å². The summed E-state index contributed by atoms with van der Waals surface area (Å²) in [4.78, 5) is 2.67. The van der Waals surface area contributed by atoms with Crippen LogP contribution in [0.15, 0.2) is 0 Å². The van der Waals surface area contributed by atoms with Crippen LogP contribution in [0.3, 0.4) is 0 Å². The van der Waals surface area contributed by atoms with Crippen molar-refractivity contribution in [1.82, 2.24) is 4.90 Å². The van der Waals surface area contributed by atoms with E-state index in [0.717, 1.165) is 11.8 Å². The summed E-state index contributed by atoms with van der Waals surface area (Å²) in [7, 11) is 0. The Kier molecular flexibility index (Phi) is 6.51. The molecule has 0 bridgehead atoms. The van der Waals surface area contributed by atoms with Crippen LogP contribution in [0.25, 0.3) is 0 Å². The highest BCUT2D eigenvalue weighted by atomic mass is 15.2. The van der Waals surface area contributed by atoms with Crippen LogP contribution < -0.4 is 0 Å². The lowest BCUT2D eigenvalue weighted by molar-refractivity contribution is 0.0822. The number of nitrogens with zero attached hydrogens (tertiary/aromatic N) is 1. The third kappa shape index (κ3) is 6.19. The molecule has 0 amide bonds. The summed E-state index contributed by atoms with van der Waals surface area (Å²) in [6, 6.07) is 0. The molecular formula is C14H31N. The van der Waals surface area contributed by atoms with Crippen molar-refractivity contribution >= 4 is 0 Å². The molecule has 15 heavy (non-hydrogen) atoms. The fraction of sp³-hybridized carbons (Fsp3) is 1.00. The van der Waals surface area contributed by atoms with Crippen molar-refractivity contribution < 1.29 is 0 Å². The fourth-order valence-electron chi connectivity index (χ4n) is 2.22. The van der Waals surface area contributed by atoms with Gasteiger partial charge in [-0.3, -0.25) is 4.90 Å². The number of hydrogen-bond acceptors (Lipinski definition) is 1. The van der Waals surface area contributed by atoms with Crippen molar-refractivity contribution in [2.24, 2.45) is 11.8 Å². The lowest BCUT2D eigenvalue weighted by atomic mass is 9.94. The minimum Gasteiger partial charge on any atom is -0.298 e. The third-order valence-electron chi connectivity index (χ3n) is 2.89. The molecule has 0 spiro atoms. The standard InChI is InChI=1S/C14H31N/c1-8-9-14(6,7)15(10-12(2)3)11-13(4)5/h12-13H,8-11H2,1-7H3. The molecule has 0 radical (unpaired) electrons. The van der Waals surface area contributed by atoms with Crippen molar-refractivity contribution in [2.45, 2.75) is 66.8 Å². The van der Waals surface area contributed by atoms with E-state index in [1.54, 1.807) is 0 Å². The Labute approximate surface area is 97.2 Å². The van der Waals surface area contributed by atoms with Crippen molar-refractivity contribution in [3.8, 4) is 0 Å². The monoisotopic (exact) mass is 213 g/mol. The van der Waals surface area contributed by atoms with Gasteiger partial charge in [0.2, 0.25) is 0 Å². The first-order chi connectivity index (χ1) is 6.79. The molecule has 0 rings (SSSR count). The largest absolute Gasteiger partial charge is 0.298 e. The summed E-state index contributed by atoms with van der Waals surface area (Å²) in [6.07, 6.45) is 2.58. The normalized spacial score (nSPS) is 13.2. The van der Waals surface area contributed by atoms with E-state index in [1.165, 1.54) is 25.9 Å². The van der Waals surface area contributed by atoms with E-state index in [4.69, 9.17) is 0 Å². The molecule has 0 aliphatic heterocycles. The highest BCUT2D eigenvalue weighted by Crippen LogP contribution is 2.23. The Morgan fingerprint density at radius 2 is 1.33 bits per heavy atom. The first kappa shape index (κ1) is 15.0.